The number of thioether (sulfide) groups is 1. The first kappa shape index (κ1) is 23.1. The van der Waals surface area contributed by atoms with Gasteiger partial charge in [0.05, 0.1) is 31.6 Å². The Kier molecular flexibility index (Phi) is 7.72. The fraction of sp³-hybridized carbons (Fsp3) is 0.273. The van der Waals surface area contributed by atoms with Gasteiger partial charge in [0.25, 0.3) is 5.91 Å². The first-order chi connectivity index (χ1) is 15.4. The number of rotatable bonds is 9. The summed E-state index contributed by atoms with van der Waals surface area (Å²) in [5.74, 6) is 1.35. The zero-order valence-corrected chi connectivity index (χ0v) is 19.1. The van der Waals surface area contributed by atoms with Crippen LogP contribution in [0.5, 0.6) is 11.5 Å². The number of nitrogens with zero attached hydrogens (tertiary/aromatic N) is 3. The Labute approximate surface area is 190 Å². The monoisotopic (exact) mass is 455 g/mol. The number of benzene rings is 2. The molecule has 0 aliphatic heterocycles. The molecule has 0 spiro atoms. The molecule has 0 saturated heterocycles. The summed E-state index contributed by atoms with van der Waals surface area (Å²) < 4.78 is 12.1. The van der Waals surface area contributed by atoms with E-state index >= 15 is 0 Å². The van der Waals surface area contributed by atoms with E-state index in [1.165, 1.54) is 18.9 Å². The van der Waals surface area contributed by atoms with Crippen LogP contribution < -0.4 is 20.1 Å². The van der Waals surface area contributed by atoms with E-state index in [1.807, 2.05) is 0 Å². The fourth-order valence-electron chi connectivity index (χ4n) is 2.82. The van der Waals surface area contributed by atoms with Gasteiger partial charge in [0.2, 0.25) is 5.91 Å². The number of amides is 2. The number of hydrogen-bond donors (Lipinski definition) is 2. The number of methoxy groups -OCH3 is 2. The van der Waals surface area contributed by atoms with E-state index in [0.717, 1.165) is 5.75 Å². The minimum Gasteiger partial charge on any atom is -0.497 e. The lowest BCUT2D eigenvalue weighted by atomic mass is 10.2. The molecule has 0 bridgehead atoms. The van der Waals surface area contributed by atoms with Crippen LogP contribution in [0.3, 0.4) is 0 Å². The first-order valence-corrected chi connectivity index (χ1v) is 10.7. The molecule has 0 fully saturated rings. The Bertz CT molecular complexity index is 1080. The van der Waals surface area contributed by atoms with E-state index < -0.39 is 5.25 Å². The lowest BCUT2D eigenvalue weighted by Gasteiger charge is -2.12. The third-order valence-corrected chi connectivity index (χ3v) is 5.83. The van der Waals surface area contributed by atoms with Crippen molar-refractivity contribution in [3.05, 3.63) is 59.9 Å². The molecule has 168 valence electrons. The molecule has 10 heteroatoms. The molecule has 0 radical (unpaired) electrons. The van der Waals surface area contributed by atoms with Crippen molar-refractivity contribution in [1.82, 2.24) is 20.1 Å². The summed E-state index contributed by atoms with van der Waals surface area (Å²) in [5.41, 5.74) is 1.12. The van der Waals surface area contributed by atoms with Crippen molar-refractivity contribution >= 4 is 29.3 Å². The largest absolute Gasteiger partial charge is 0.497 e. The molecule has 3 aromatic rings. The maximum absolute atomic E-state index is 12.5. The van der Waals surface area contributed by atoms with Gasteiger partial charge in [-0.2, -0.15) is 0 Å². The minimum atomic E-state index is -0.406. The smallest absolute Gasteiger partial charge is 0.255 e. The number of carbonyl (C=O) groups excluding carboxylic acids is 2. The second kappa shape index (κ2) is 10.7. The van der Waals surface area contributed by atoms with Crippen molar-refractivity contribution in [2.45, 2.75) is 23.9 Å². The van der Waals surface area contributed by atoms with E-state index in [-0.39, 0.29) is 18.4 Å². The molecule has 1 heterocycles. The summed E-state index contributed by atoms with van der Waals surface area (Å²) in [5, 5.41) is 14.2. The summed E-state index contributed by atoms with van der Waals surface area (Å²) in [4.78, 5) is 25.0. The molecule has 2 aromatic carbocycles. The summed E-state index contributed by atoms with van der Waals surface area (Å²) >= 11 is 1.28. The highest BCUT2D eigenvalue weighted by Gasteiger charge is 2.20. The van der Waals surface area contributed by atoms with E-state index in [0.29, 0.717) is 28.0 Å². The van der Waals surface area contributed by atoms with Crippen LogP contribution in [0.4, 0.5) is 5.69 Å². The highest BCUT2D eigenvalue weighted by atomic mass is 32.2. The highest BCUT2D eigenvalue weighted by Crippen LogP contribution is 2.23. The SMILES string of the molecule is COc1ccc(NC(=O)C(C)Sc2nnc(CNC(=O)c3ccccc3OC)n2C)cc1. The van der Waals surface area contributed by atoms with Gasteiger partial charge in [0.15, 0.2) is 11.0 Å². The Morgan fingerprint density at radius 3 is 2.47 bits per heavy atom. The topological polar surface area (TPSA) is 107 Å². The number of carbonyl (C=O) groups is 2. The molecule has 0 saturated carbocycles. The first-order valence-electron chi connectivity index (χ1n) is 9.84. The normalized spacial score (nSPS) is 11.5. The standard InChI is InChI=1S/C22H25N5O4S/c1-14(20(28)24-15-9-11-16(30-3)12-10-15)32-22-26-25-19(27(22)2)13-23-21(29)17-7-5-6-8-18(17)31-4/h5-12,14H,13H2,1-4H3,(H,23,29)(H,24,28). The Morgan fingerprint density at radius 1 is 1.06 bits per heavy atom. The van der Waals surface area contributed by atoms with Gasteiger partial charge in [-0.05, 0) is 43.3 Å². The van der Waals surface area contributed by atoms with Crippen LogP contribution in [0.15, 0.2) is 53.7 Å². The lowest BCUT2D eigenvalue weighted by molar-refractivity contribution is -0.115. The average molecular weight is 456 g/mol. The summed E-state index contributed by atoms with van der Waals surface area (Å²) in [6.45, 7) is 1.98. The second-order valence-corrected chi connectivity index (χ2v) is 8.13. The maximum Gasteiger partial charge on any atom is 0.255 e. The number of nitrogens with one attached hydrogen (secondary N) is 2. The molecule has 0 aliphatic carbocycles. The molecule has 1 atom stereocenters. The quantitative estimate of drug-likeness (QED) is 0.478. The fourth-order valence-corrected chi connectivity index (χ4v) is 3.65. The van der Waals surface area contributed by atoms with Crippen LogP contribution in [0.1, 0.15) is 23.1 Å². The third kappa shape index (κ3) is 5.58. The molecular formula is C22H25N5O4S. The van der Waals surface area contributed by atoms with Crippen molar-refractivity contribution in [2.24, 2.45) is 7.05 Å². The van der Waals surface area contributed by atoms with Gasteiger partial charge in [-0.25, -0.2) is 0 Å². The molecule has 9 nitrogen and oxygen atoms in total. The van der Waals surface area contributed by atoms with Gasteiger partial charge in [0, 0.05) is 12.7 Å². The van der Waals surface area contributed by atoms with E-state index in [9.17, 15) is 9.59 Å². The van der Waals surface area contributed by atoms with Crippen molar-refractivity contribution in [2.75, 3.05) is 19.5 Å². The van der Waals surface area contributed by atoms with Crippen LogP contribution in [-0.4, -0.2) is 46.0 Å². The van der Waals surface area contributed by atoms with Crippen LogP contribution in [0, 0.1) is 0 Å². The lowest BCUT2D eigenvalue weighted by Crippen LogP contribution is -2.25. The maximum atomic E-state index is 12.5. The third-order valence-electron chi connectivity index (χ3n) is 4.69. The Hall–Kier alpha value is -3.53. The molecule has 2 N–H and O–H groups in total. The zero-order valence-electron chi connectivity index (χ0n) is 18.3. The van der Waals surface area contributed by atoms with Crippen molar-refractivity contribution < 1.29 is 19.1 Å². The molecular weight excluding hydrogens is 430 g/mol. The molecule has 3 rings (SSSR count). The number of aromatic nitrogens is 3. The predicted molar refractivity (Wildman–Crippen MR) is 122 cm³/mol. The summed E-state index contributed by atoms with van der Waals surface area (Å²) in [6.07, 6.45) is 0. The van der Waals surface area contributed by atoms with Crippen molar-refractivity contribution in [3.63, 3.8) is 0 Å². The Morgan fingerprint density at radius 2 is 1.78 bits per heavy atom. The second-order valence-electron chi connectivity index (χ2n) is 6.82. The van der Waals surface area contributed by atoms with Crippen LogP contribution in [0.2, 0.25) is 0 Å². The predicted octanol–water partition coefficient (Wildman–Crippen LogP) is 2.88. The molecule has 1 unspecified atom stereocenters. The van der Waals surface area contributed by atoms with Gasteiger partial charge in [-0.15, -0.1) is 10.2 Å². The Balaban J connectivity index is 1.57. The summed E-state index contributed by atoms with van der Waals surface area (Å²) in [6, 6.07) is 14.1. The molecule has 2 amide bonds. The minimum absolute atomic E-state index is 0.158. The van der Waals surface area contributed by atoms with Crippen LogP contribution in [0.25, 0.3) is 0 Å². The molecule has 32 heavy (non-hydrogen) atoms. The van der Waals surface area contributed by atoms with Gasteiger partial charge >= 0.3 is 0 Å². The molecule has 0 aliphatic rings. The van der Waals surface area contributed by atoms with Gasteiger partial charge in [0.1, 0.15) is 11.5 Å². The van der Waals surface area contributed by atoms with E-state index in [1.54, 1.807) is 74.2 Å². The summed E-state index contributed by atoms with van der Waals surface area (Å²) in [7, 11) is 4.90. The number of ether oxygens (including phenoxy) is 2. The van der Waals surface area contributed by atoms with Gasteiger partial charge in [-0.1, -0.05) is 23.9 Å². The van der Waals surface area contributed by atoms with Gasteiger partial charge in [-0.3, -0.25) is 9.59 Å². The highest BCUT2D eigenvalue weighted by molar-refractivity contribution is 8.00. The van der Waals surface area contributed by atoms with Gasteiger partial charge < -0.3 is 24.7 Å². The van der Waals surface area contributed by atoms with Crippen molar-refractivity contribution in [1.29, 1.82) is 0 Å². The average Bonchev–Trinajstić information content (AvgIpc) is 3.16. The van der Waals surface area contributed by atoms with Crippen molar-refractivity contribution in [3.8, 4) is 11.5 Å². The number of hydrogen-bond acceptors (Lipinski definition) is 7. The number of anilines is 1. The van der Waals surface area contributed by atoms with Crippen LogP contribution >= 0.6 is 11.8 Å². The zero-order chi connectivity index (χ0) is 23.1. The van der Waals surface area contributed by atoms with E-state index in [2.05, 4.69) is 20.8 Å². The number of para-hydroxylation sites is 1. The van der Waals surface area contributed by atoms with E-state index in [4.69, 9.17) is 9.47 Å². The molecule has 1 aromatic heterocycles. The van der Waals surface area contributed by atoms with Crippen LogP contribution in [-0.2, 0) is 18.4 Å².